The summed E-state index contributed by atoms with van der Waals surface area (Å²) < 4.78 is 5.70. The molecule has 0 bridgehead atoms. The molecule has 1 unspecified atom stereocenters. The van der Waals surface area contributed by atoms with Crippen molar-refractivity contribution in [3.63, 3.8) is 0 Å². The number of nitrogens with one attached hydrogen (secondary N) is 2. The van der Waals surface area contributed by atoms with Crippen molar-refractivity contribution in [1.82, 2.24) is 10.2 Å². The van der Waals surface area contributed by atoms with Gasteiger partial charge in [0.1, 0.15) is 5.75 Å². The highest BCUT2D eigenvalue weighted by atomic mass is 16.5. The summed E-state index contributed by atoms with van der Waals surface area (Å²) in [5.74, 6) is -0.325. The van der Waals surface area contributed by atoms with E-state index >= 15 is 0 Å². The zero-order valence-electron chi connectivity index (χ0n) is 13.4. The third-order valence-corrected chi connectivity index (χ3v) is 4.48. The first-order valence-electron chi connectivity index (χ1n) is 8.20. The molecule has 0 spiro atoms. The van der Waals surface area contributed by atoms with Gasteiger partial charge in [-0.05, 0) is 45.0 Å². The molecule has 2 aliphatic rings. The van der Waals surface area contributed by atoms with Gasteiger partial charge >= 0.3 is 0 Å². The van der Waals surface area contributed by atoms with Gasteiger partial charge in [-0.25, -0.2) is 0 Å². The molecule has 3 rings (SSSR count). The molecule has 0 saturated carbocycles. The molecule has 1 fully saturated rings. The normalized spacial score (nSPS) is 24.3. The van der Waals surface area contributed by atoms with Crippen LogP contribution in [0.5, 0.6) is 5.75 Å². The van der Waals surface area contributed by atoms with Crippen LogP contribution in [0, 0.1) is 0 Å². The molecule has 0 aromatic heterocycles. The maximum Gasteiger partial charge on any atom is 0.278 e. The van der Waals surface area contributed by atoms with Crippen LogP contribution in [0.2, 0.25) is 0 Å². The van der Waals surface area contributed by atoms with E-state index in [4.69, 9.17) is 4.74 Å². The summed E-state index contributed by atoms with van der Waals surface area (Å²) in [6.45, 7) is 5.00. The van der Waals surface area contributed by atoms with Crippen molar-refractivity contribution in [1.29, 1.82) is 0 Å². The fourth-order valence-corrected chi connectivity index (χ4v) is 3.00. The Morgan fingerprint density at radius 2 is 2.04 bits per heavy atom. The number of fused-ring (bicyclic) bond motifs is 1. The van der Waals surface area contributed by atoms with Crippen LogP contribution in [0.3, 0.4) is 0 Å². The lowest BCUT2D eigenvalue weighted by atomic mass is 10.0. The van der Waals surface area contributed by atoms with Gasteiger partial charge in [-0.15, -0.1) is 0 Å². The van der Waals surface area contributed by atoms with Gasteiger partial charge in [0.2, 0.25) is 0 Å². The highest BCUT2D eigenvalue weighted by molar-refractivity contribution is 6.15. The fraction of sp³-hybridized carbons (Fsp3) is 0.529. The quantitative estimate of drug-likeness (QED) is 0.823. The van der Waals surface area contributed by atoms with E-state index in [1.54, 1.807) is 12.1 Å². The number of para-hydroxylation sites is 2. The topological polar surface area (TPSA) is 70.7 Å². The van der Waals surface area contributed by atoms with Crippen LogP contribution >= 0.6 is 0 Å². The lowest BCUT2D eigenvalue weighted by Gasteiger charge is -2.33. The number of carbonyl (C=O) groups is 2. The van der Waals surface area contributed by atoms with Crippen LogP contribution < -0.4 is 15.4 Å². The van der Waals surface area contributed by atoms with Gasteiger partial charge in [-0.1, -0.05) is 18.6 Å². The molecule has 2 aliphatic heterocycles. The van der Waals surface area contributed by atoms with Crippen molar-refractivity contribution >= 4 is 17.5 Å². The van der Waals surface area contributed by atoms with Gasteiger partial charge in [0.25, 0.3) is 17.4 Å². The molecule has 6 heteroatoms. The first kappa shape index (κ1) is 15.8. The number of amides is 2. The van der Waals surface area contributed by atoms with Crippen molar-refractivity contribution < 1.29 is 14.3 Å². The molecule has 2 N–H and O–H groups in total. The second-order valence-electron chi connectivity index (χ2n) is 6.24. The maximum absolute atomic E-state index is 12.5. The second kappa shape index (κ2) is 6.58. The van der Waals surface area contributed by atoms with Crippen LogP contribution in [0.4, 0.5) is 5.69 Å². The van der Waals surface area contributed by atoms with E-state index in [2.05, 4.69) is 15.5 Å². The molecule has 124 valence electrons. The average Bonchev–Trinajstić information content (AvgIpc) is 2.57. The minimum Gasteiger partial charge on any atom is -0.466 e. The molecule has 1 aromatic carbocycles. The predicted octanol–water partition coefficient (Wildman–Crippen LogP) is 1.38. The monoisotopic (exact) mass is 317 g/mol. The number of nitrogens with zero attached hydrogens (tertiary/aromatic N) is 1. The summed E-state index contributed by atoms with van der Waals surface area (Å²) in [5.41, 5.74) is -0.938. The zero-order valence-corrected chi connectivity index (χ0v) is 13.4. The lowest BCUT2D eigenvalue weighted by molar-refractivity contribution is -0.146. The third kappa shape index (κ3) is 3.32. The Labute approximate surface area is 136 Å². The van der Waals surface area contributed by atoms with Crippen LogP contribution in [-0.2, 0) is 9.59 Å². The molecular formula is C17H23N3O3. The average molecular weight is 317 g/mol. The van der Waals surface area contributed by atoms with E-state index in [0.29, 0.717) is 18.0 Å². The second-order valence-corrected chi connectivity index (χ2v) is 6.24. The van der Waals surface area contributed by atoms with Gasteiger partial charge < -0.3 is 20.3 Å². The molecule has 6 nitrogen and oxygen atoms in total. The summed E-state index contributed by atoms with van der Waals surface area (Å²) in [6, 6.07) is 7.12. The minimum atomic E-state index is -1.53. The first-order chi connectivity index (χ1) is 11.1. The number of likely N-dealkylation sites (tertiary alicyclic amines) is 1. The standard InChI is InChI=1S/C17H23N3O3/c1-17(15(21)18-9-12-20-10-5-2-6-11-20)16(22)19-13-7-3-4-8-14(13)23-17/h3-4,7-8H,2,5-6,9-12H2,1H3,(H,18,21)(H,19,22). The highest BCUT2D eigenvalue weighted by Crippen LogP contribution is 2.33. The number of carbonyl (C=O) groups excluding carboxylic acids is 2. The third-order valence-electron chi connectivity index (χ3n) is 4.48. The zero-order chi connectivity index (χ0) is 16.3. The number of anilines is 1. The van der Waals surface area contributed by atoms with Crippen molar-refractivity contribution in [2.24, 2.45) is 0 Å². The number of hydrogen-bond acceptors (Lipinski definition) is 4. The number of ether oxygens (including phenoxy) is 1. The van der Waals surface area contributed by atoms with Crippen LogP contribution in [0.15, 0.2) is 24.3 Å². The van der Waals surface area contributed by atoms with Crippen LogP contribution in [0.1, 0.15) is 26.2 Å². The number of piperidine rings is 1. The Morgan fingerprint density at radius 1 is 1.30 bits per heavy atom. The summed E-state index contributed by atoms with van der Waals surface area (Å²) in [6.07, 6.45) is 3.72. The van der Waals surface area contributed by atoms with Crippen LogP contribution in [0.25, 0.3) is 0 Å². The van der Waals surface area contributed by atoms with Crippen LogP contribution in [-0.4, -0.2) is 48.5 Å². The van der Waals surface area contributed by atoms with E-state index in [1.807, 2.05) is 12.1 Å². The first-order valence-corrected chi connectivity index (χ1v) is 8.20. The smallest absolute Gasteiger partial charge is 0.278 e. The summed E-state index contributed by atoms with van der Waals surface area (Å²) in [4.78, 5) is 27.1. The molecule has 2 heterocycles. The molecule has 23 heavy (non-hydrogen) atoms. The molecular weight excluding hydrogens is 294 g/mol. The summed E-state index contributed by atoms with van der Waals surface area (Å²) >= 11 is 0. The maximum atomic E-state index is 12.5. The number of benzene rings is 1. The van der Waals surface area contributed by atoms with Gasteiger partial charge in [-0.2, -0.15) is 0 Å². The minimum absolute atomic E-state index is 0.401. The Morgan fingerprint density at radius 3 is 2.83 bits per heavy atom. The number of rotatable bonds is 4. The van der Waals surface area contributed by atoms with E-state index in [1.165, 1.54) is 26.2 Å². The van der Waals surface area contributed by atoms with Crippen molar-refractivity contribution in [3.05, 3.63) is 24.3 Å². The number of hydrogen-bond donors (Lipinski definition) is 2. The molecule has 0 aliphatic carbocycles. The fourth-order valence-electron chi connectivity index (χ4n) is 3.00. The largest absolute Gasteiger partial charge is 0.466 e. The highest BCUT2D eigenvalue weighted by Gasteiger charge is 2.47. The lowest BCUT2D eigenvalue weighted by Crippen LogP contribution is -2.59. The molecule has 1 aromatic rings. The Bertz CT molecular complexity index is 599. The van der Waals surface area contributed by atoms with Gasteiger partial charge in [0.05, 0.1) is 5.69 Å². The van der Waals surface area contributed by atoms with Crippen molar-refractivity contribution in [2.75, 3.05) is 31.5 Å². The van der Waals surface area contributed by atoms with Crippen molar-refractivity contribution in [3.8, 4) is 5.75 Å². The Hall–Kier alpha value is -2.08. The molecule has 0 radical (unpaired) electrons. The summed E-state index contributed by atoms with van der Waals surface area (Å²) in [5, 5.41) is 5.57. The van der Waals surface area contributed by atoms with Gasteiger partial charge in [-0.3, -0.25) is 9.59 Å². The van der Waals surface area contributed by atoms with E-state index in [0.717, 1.165) is 19.6 Å². The molecule has 2 amide bonds. The molecule has 1 saturated heterocycles. The van der Waals surface area contributed by atoms with E-state index < -0.39 is 17.4 Å². The summed E-state index contributed by atoms with van der Waals surface area (Å²) in [7, 11) is 0. The Kier molecular flexibility index (Phi) is 4.52. The van der Waals surface area contributed by atoms with Crippen molar-refractivity contribution in [2.45, 2.75) is 31.8 Å². The predicted molar refractivity (Wildman–Crippen MR) is 87.4 cm³/mol. The van der Waals surface area contributed by atoms with E-state index in [9.17, 15) is 9.59 Å². The Balaban J connectivity index is 1.58. The van der Waals surface area contributed by atoms with E-state index in [-0.39, 0.29) is 0 Å². The van der Waals surface area contributed by atoms with Gasteiger partial charge in [0, 0.05) is 13.1 Å². The SMILES string of the molecule is CC1(C(=O)NCCN2CCCCC2)Oc2ccccc2NC1=O. The molecule has 1 atom stereocenters. The van der Waals surface area contributed by atoms with Gasteiger partial charge in [0.15, 0.2) is 0 Å².